The second kappa shape index (κ2) is 7.62. The Kier molecular flexibility index (Phi) is 9.21. The molecule has 2 amide bonds. The molecule has 1 atom stereocenters. The fraction of sp³-hybridized carbons (Fsp3) is 0.500. The zero-order chi connectivity index (χ0) is 8.85. The molecule has 0 aromatic rings. The van der Waals surface area contributed by atoms with E-state index in [4.69, 9.17) is 0 Å². The maximum atomic E-state index is 10.1. The van der Waals surface area contributed by atoms with Crippen LogP contribution in [0.3, 0.4) is 0 Å². The Morgan fingerprint density at radius 1 is 1.42 bits per heavy atom. The van der Waals surface area contributed by atoms with Crippen LogP contribution >= 0.6 is 0 Å². The fourth-order valence-electron chi connectivity index (χ4n) is 0.622. The molecule has 0 saturated heterocycles. The Bertz CT molecular complexity index is 172. The maximum Gasteiger partial charge on any atom is 0 e. The SMILES string of the molecule is C/C=C(/C)C(C)N([C-]=O)[C-]=O.[Y]. The van der Waals surface area contributed by atoms with Crippen LogP contribution in [0, 0.1) is 0 Å². The average molecular weight is 242 g/mol. The van der Waals surface area contributed by atoms with Gasteiger partial charge in [0.1, 0.15) is 0 Å². The summed E-state index contributed by atoms with van der Waals surface area (Å²) in [6.07, 6.45) is 4.81. The summed E-state index contributed by atoms with van der Waals surface area (Å²) < 4.78 is 0. The van der Waals surface area contributed by atoms with Gasteiger partial charge < -0.3 is 14.5 Å². The minimum Gasteiger partial charge on any atom is -0.631 e. The normalized spacial score (nSPS) is 12.8. The van der Waals surface area contributed by atoms with Gasteiger partial charge in [-0.2, -0.15) is 12.8 Å². The topological polar surface area (TPSA) is 37.4 Å². The summed E-state index contributed by atoms with van der Waals surface area (Å²) in [6, 6.07) is -0.241. The van der Waals surface area contributed by atoms with Crippen LogP contribution < -0.4 is 0 Å². The van der Waals surface area contributed by atoms with Gasteiger partial charge in [0.2, 0.25) is 0 Å². The van der Waals surface area contributed by atoms with Crippen LogP contribution in [0.25, 0.3) is 0 Å². The van der Waals surface area contributed by atoms with Crippen LogP contribution in [0.2, 0.25) is 0 Å². The molecule has 0 aliphatic rings. The second-order valence-electron chi connectivity index (χ2n) is 2.26. The molecule has 0 rings (SSSR count). The number of imide groups is 1. The molecule has 0 aliphatic heterocycles. The van der Waals surface area contributed by atoms with E-state index >= 15 is 0 Å². The van der Waals surface area contributed by atoms with Crippen molar-refractivity contribution in [3.63, 3.8) is 0 Å². The zero-order valence-corrected chi connectivity index (χ0v) is 10.3. The number of amides is 2. The number of hydrogen-bond donors (Lipinski definition) is 0. The van der Waals surface area contributed by atoms with E-state index in [1.54, 1.807) is 6.92 Å². The van der Waals surface area contributed by atoms with Gasteiger partial charge in [-0.3, -0.25) is 0 Å². The van der Waals surface area contributed by atoms with E-state index in [1.165, 1.54) is 12.8 Å². The quantitative estimate of drug-likeness (QED) is 0.415. The van der Waals surface area contributed by atoms with E-state index in [1.807, 2.05) is 19.9 Å². The largest absolute Gasteiger partial charge is 0.631 e. The van der Waals surface area contributed by atoms with Crippen LogP contribution in [0.5, 0.6) is 0 Å². The third kappa shape index (κ3) is 4.12. The van der Waals surface area contributed by atoms with Crippen molar-refractivity contribution >= 4 is 12.8 Å². The van der Waals surface area contributed by atoms with Crippen molar-refractivity contribution in [3.8, 4) is 0 Å². The Morgan fingerprint density at radius 2 is 1.83 bits per heavy atom. The molecule has 1 unspecified atom stereocenters. The van der Waals surface area contributed by atoms with Gasteiger partial charge in [0.25, 0.3) is 0 Å². The molecule has 1 radical (unpaired) electrons. The Morgan fingerprint density at radius 3 is 2.08 bits per heavy atom. The molecule has 0 aromatic carbocycles. The van der Waals surface area contributed by atoms with Gasteiger partial charge in [-0.15, -0.1) is 0 Å². The van der Waals surface area contributed by atoms with E-state index in [0.717, 1.165) is 10.5 Å². The number of allylic oxidation sites excluding steroid dienone is 1. The molecule has 0 aromatic heterocycles. The van der Waals surface area contributed by atoms with Crippen LogP contribution in [0.4, 0.5) is 0 Å². The first kappa shape index (κ1) is 14.5. The van der Waals surface area contributed by atoms with Crippen molar-refractivity contribution in [2.45, 2.75) is 26.8 Å². The Labute approximate surface area is 98.1 Å². The molecule has 0 saturated carbocycles. The molecule has 65 valence electrons. The zero-order valence-electron chi connectivity index (χ0n) is 7.50. The molecule has 0 bridgehead atoms. The molecule has 0 aliphatic carbocycles. The minimum atomic E-state index is -0.241. The summed E-state index contributed by atoms with van der Waals surface area (Å²) in [4.78, 5) is 21.1. The van der Waals surface area contributed by atoms with E-state index in [9.17, 15) is 9.59 Å². The summed E-state index contributed by atoms with van der Waals surface area (Å²) in [6.45, 7) is 5.43. The van der Waals surface area contributed by atoms with Gasteiger partial charge in [-0.25, -0.2) is 0 Å². The molecule has 4 heteroatoms. The van der Waals surface area contributed by atoms with Crippen molar-refractivity contribution < 1.29 is 42.3 Å². The number of nitrogens with zero attached hydrogens (tertiary/aromatic N) is 1. The number of carbonyl (C=O) groups excluding carboxylic acids is 2. The Hall–Kier alpha value is -0.0161. The molecular formula is C8H11NO2Y-2. The minimum absolute atomic E-state index is 0. The third-order valence-corrected chi connectivity index (χ3v) is 1.70. The second-order valence-corrected chi connectivity index (χ2v) is 2.26. The summed E-state index contributed by atoms with van der Waals surface area (Å²) in [7, 11) is 0. The van der Waals surface area contributed by atoms with Gasteiger partial charge in [0.05, 0.1) is 0 Å². The van der Waals surface area contributed by atoms with Crippen LogP contribution in [-0.4, -0.2) is 23.8 Å². The molecule has 0 spiro atoms. The molecular weight excluding hydrogens is 231 g/mol. The van der Waals surface area contributed by atoms with Crippen LogP contribution in [0.15, 0.2) is 11.6 Å². The summed E-state index contributed by atoms with van der Waals surface area (Å²) in [5, 5.41) is 0. The first-order chi connectivity index (χ1) is 5.17. The summed E-state index contributed by atoms with van der Waals surface area (Å²) >= 11 is 0. The van der Waals surface area contributed by atoms with Crippen LogP contribution in [0.1, 0.15) is 20.8 Å². The van der Waals surface area contributed by atoms with Gasteiger partial charge >= 0.3 is 0 Å². The van der Waals surface area contributed by atoms with Crippen LogP contribution in [-0.2, 0) is 42.3 Å². The van der Waals surface area contributed by atoms with Gasteiger partial charge in [-0.1, -0.05) is 11.6 Å². The molecule has 3 nitrogen and oxygen atoms in total. The first-order valence-electron chi connectivity index (χ1n) is 3.35. The number of rotatable bonds is 4. The molecule has 12 heavy (non-hydrogen) atoms. The van der Waals surface area contributed by atoms with Crippen molar-refractivity contribution in [2.24, 2.45) is 0 Å². The summed E-state index contributed by atoms with van der Waals surface area (Å²) in [5.74, 6) is 0. The predicted octanol–water partition coefficient (Wildman–Crippen LogP) is 0.775. The first-order valence-corrected chi connectivity index (χ1v) is 3.35. The van der Waals surface area contributed by atoms with Gasteiger partial charge in [0, 0.05) is 32.7 Å². The molecule has 0 fully saturated rings. The van der Waals surface area contributed by atoms with Crippen molar-refractivity contribution in [2.75, 3.05) is 0 Å². The van der Waals surface area contributed by atoms with E-state index in [0.29, 0.717) is 0 Å². The fourth-order valence-corrected chi connectivity index (χ4v) is 0.622. The van der Waals surface area contributed by atoms with E-state index in [2.05, 4.69) is 0 Å². The third-order valence-electron chi connectivity index (χ3n) is 1.70. The van der Waals surface area contributed by atoms with Crippen molar-refractivity contribution in [1.82, 2.24) is 4.90 Å². The smallest absolute Gasteiger partial charge is 0 e. The standard InChI is InChI=1S/C8H11NO2.Y/c1-4-7(2)8(3)9(5-10)6-11;/h4,8H,1-3H3;/q-2;/b7-4-;. The van der Waals surface area contributed by atoms with Gasteiger partial charge in [0.15, 0.2) is 0 Å². The van der Waals surface area contributed by atoms with E-state index < -0.39 is 0 Å². The van der Waals surface area contributed by atoms with Gasteiger partial charge in [-0.05, 0) is 26.8 Å². The summed E-state index contributed by atoms with van der Waals surface area (Å²) in [5.41, 5.74) is 0.941. The Balaban J connectivity index is 0. The molecule has 0 heterocycles. The predicted molar refractivity (Wildman–Crippen MR) is 42.1 cm³/mol. The van der Waals surface area contributed by atoms with Crippen molar-refractivity contribution in [3.05, 3.63) is 11.6 Å². The molecule has 0 N–H and O–H groups in total. The number of hydrogen-bond acceptors (Lipinski definition) is 2. The van der Waals surface area contributed by atoms with E-state index in [-0.39, 0.29) is 38.8 Å². The maximum absolute atomic E-state index is 10.1. The monoisotopic (exact) mass is 242 g/mol. The van der Waals surface area contributed by atoms with Crippen molar-refractivity contribution in [1.29, 1.82) is 0 Å². The average Bonchev–Trinajstić information content (AvgIpc) is 2.05.